The third-order valence-electron chi connectivity index (χ3n) is 5.65. The molecule has 2 aromatic carbocycles. The maximum atomic E-state index is 12.9. The molecule has 3 aromatic rings. The van der Waals surface area contributed by atoms with Crippen LogP contribution in [0.15, 0.2) is 82.3 Å². The molecule has 150 valence electrons. The standard InChI is InChI=1S/C24H23N5O/c1-29-13-17(12-15-8-4-2-5-9-15)21-18(14-29)19(16-10-6-3-7-11-16)20-22(26-21)27-24(25)28-23(20)30/h2-12,19H,13-14H2,1H3,(H4,25,26,27,28,30)/b17-12-. The smallest absolute Gasteiger partial charge is 0.258 e. The fourth-order valence-corrected chi connectivity index (χ4v) is 4.44. The zero-order chi connectivity index (χ0) is 20.7. The SMILES string of the molecule is CN1CC2=C(Nc3nc(N)[nH]c(=O)c3C2c2ccccc2)/C(=C\c2ccccc2)C1. The summed E-state index contributed by atoms with van der Waals surface area (Å²) < 4.78 is 0. The summed E-state index contributed by atoms with van der Waals surface area (Å²) in [5.74, 6) is 0.465. The number of anilines is 2. The number of aromatic nitrogens is 2. The van der Waals surface area contributed by atoms with Crippen LogP contribution in [0.2, 0.25) is 0 Å². The topological polar surface area (TPSA) is 87.0 Å². The Morgan fingerprint density at radius 2 is 1.77 bits per heavy atom. The minimum Gasteiger partial charge on any atom is -0.369 e. The monoisotopic (exact) mass is 397 g/mol. The van der Waals surface area contributed by atoms with Gasteiger partial charge in [-0.25, -0.2) is 0 Å². The maximum Gasteiger partial charge on any atom is 0.258 e. The van der Waals surface area contributed by atoms with Gasteiger partial charge in [-0.05, 0) is 35.4 Å². The number of rotatable bonds is 2. The van der Waals surface area contributed by atoms with Gasteiger partial charge < -0.3 is 11.1 Å². The molecule has 5 rings (SSSR count). The summed E-state index contributed by atoms with van der Waals surface area (Å²) in [6, 6.07) is 20.4. The normalized spacial score (nSPS) is 19.9. The Morgan fingerprint density at radius 3 is 2.50 bits per heavy atom. The van der Waals surface area contributed by atoms with Crippen LogP contribution in [0.25, 0.3) is 6.08 Å². The number of nitrogens with zero attached hydrogens (tertiary/aromatic N) is 2. The van der Waals surface area contributed by atoms with Crippen LogP contribution >= 0.6 is 0 Å². The first-order chi connectivity index (χ1) is 14.6. The third kappa shape index (κ3) is 3.21. The summed E-state index contributed by atoms with van der Waals surface area (Å²) in [5, 5.41) is 3.44. The van der Waals surface area contributed by atoms with Gasteiger partial charge in [-0.1, -0.05) is 60.7 Å². The highest BCUT2D eigenvalue weighted by Crippen LogP contribution is 2.43. The Hall–Kier alpha value is -3.64. The second-order valence-corrected chi connectivity index (χ2v) is 7.83. The average molecular weight is 397 g/mol. The van der Waals surface area contributed by atoms with Crippen LogP contribution in [0.4, 0.5) is 11.8 Å². The molecule has 0 radical (unpaired) electrons. The van der Waals surface area contributed by atoms with Gasteiger partial charge in [0, 0.05) is 24.7 Å². The highest BCUT2D eigenvalue weighted by Gasteiger charge is 2.36. The van der Waals surface area contributed by atoms with E-state index in [-0.39, 0.29) is 17.4 Å². The molecule has 2 aliphatic heterocycles. The van der Waals surface area contributed by atoms with Gasteiger partial charge in [0.2, 0.25) is 5.95 Å². The van der Waals surface area contributed by atoms with Gasteiger partial charge in [0.05, 0.1) is 5.56 Å². The van der Waals surface area contributed by atoms with Crippen LogP contribution < -0.4 is 16.6 Å². The lowest BCUT2D eigenvalue weighted by atomic mass is 9.79. The summed E-state index contributed by atoms with van der Waals surface area (Å²) in [7, 11) is 2.10. The zero-order valence-electron chi connectivity index (χ0n) is 16.7. The van der Waals surface area contributed by atoms with Crippen LogP contribution in [0, 0.1) is 0 Å². The Balaban J connectivity index is 1.74. The lowest BCUT2D eigenvalue weighted by molar-refractivity contribution is 0.375. The molecule has 0 bridgehead atoms. The number of nitrogens with two attached hydrogens (primary N) is 1. The van der Waals surface area contributed by atoms with E-state index in [0.717, 1.165) is 35.5 Å². The van der Waals surface area contributed by atoms with Crippen LogP contribution in [0.5, 0.6) is 0 Å². The Labute approximate surface area is 174 Å². The largest absolute Gasteiger partial charge is 0.369 e. The molecule has 1 unspecified atom stereocenters. The highest BCUT2D eigenvalue weighted by atomic mass is 16.1. The van der Waals surface area contributed by atoms with Crippen molar-refractivity contribution in [1.29, 1.82) is 0 Å². The number of nitrogens with one attached hydrogen (secondary N) is 2. The second kappa shape index (κ2) is 7.31. The number of H-pyrrole nitrogens is 1. The molecule has 1 aromatic heterocycles. The summed E-state index contributed by atoms with van der Waals surface area (Å²) in [5.41, 5.74) is 11.9. The van der Waals surface area contributed by atoms with Crippen molar-refractivity contribution in [2.24, 2.45) is 0 Å². The molecule has 0 saturated carbocycles. The van der Waals surface area contributed by atoms with Crippen LogP contribution in [-0.2, 0) is 0 Å². The molecule has 0 amide bonds. The highest BCUT2D eigenvalue weighted by molar-refractivity contribution is 5.71. The van der Waals surface area contributed by atoms with E-state index in [0.29, 0.717) is 11.4 Å². The summed E-state index contributed by atoms with van der Waals surface area (Å²) >= 11 is 0. The van der Waals surface area contributed by atoms with Gasteiger partial charge in [0.25, 0.3) is 5.56 Å². The molecule has 6 nitrogen and oxygen atoms in total. The fraction of sp³-hybridized carbons (Fsp3) is 0.167. The summed E-state index contributed by atoms with van der Waals surface area (Å²) in [4.78, 5) is 22.3. The number of aromatic amines is 1. The van der Waals surface area contributed by atoms with Crippen LogP contribution in [0.1, 0.15) is 22.6 Å². The predicted octanol–water partition coefficient (Wildman–Crippen LogP) is 3.19. The van der Waals surface area contributed by atoms with Crippen LogP contribution in [0.3, 0.4) is 0 Å². The maximum absolute atomic E-state index is 12.9. The number of fused-ring (bicyclic) bond motifs is 1. The molecule has 4 N–H and O–H groups in total. The zero-order valence-corrected chi connectivity index (χ0v) is 16.7. The molecule has 2 aliphatic rings. The van der Waals surface area contributed by atoms with E-state index < -0.39 is 0 Å². The van der Waals surface area contributed by atoms with Gasteiger partial charge in [-0.15, -0.1) is 0 Å². The number of nitrogen functional groups attached to an aromatic ring is 1. The van der Waals surface area contributed by atoms with Gasteiger partial charge in [0.15, 0.2) is 0 Å². The van der Waals surface area contributed by atoms with Crippen molar-refractivity contribution in [2.45, 2.75) is 5.92 Å². The minimum absolute atomic E-state index is 0.114. The van der Waals surface area contributed by atoms with Gasteiger partial charge in [0.1, 0.15) is 5.82 Å². The minimum atomic E-state index is -0.202. The van der Waals surface area contributed by atoms with E-state index in [1.54, 1.807) is 0 Å². The Morgan fingerprint density at radius 1 is 1.07 bits per heavy atom. The molecule has 0 aliphatic carbocycles. The Bertz CT molecular complexity index is 1210. The van der Waals surface area contributed by atoms with E-state index in [1.807, 2.05) is 36.4 Å². The molecular formula is C24H23N5O. The summed E-state index contributed by atoms with van der Waals surface area (Å²) in [6.07, 6.45) is 2.20. The molecule has 0 spiro atoms. The number of benzene rings is 2. The van der Waals surface area contributed by atoms with E-state index in [4.69, 9.17) is 5.73 Å². The first-order valence-electron chi connectivity index (χ1n) is 9.99. The lowest BCUT2D eigenvalue weighted by Crippen LogP contribution is -2.38. The quantitative estimate of drug-likeness (QED) is 0.618. The van der Waals surface area contributed by atoms with E-state index >= 15 is 0 Å². The average Bonchev–Trinajstić information content (AvgIpc) is 2.74. The molecule has 0 fully saturated rings. The second-order valence-electron chi connectivity index (χ2n) is 7.83. The molecule has 3 heterocycles. The van der Waals surface area contributed by atoms with Crippen molar-refractivity contribution < 1.29 is 0 Å². The lowest BCUT2D eigenvalue weighted by Gasteiger charge is -2.38. The number of hydrogen-bond acceptors (Lipinski definition) is 5. The molecule has 30 heavy (non-hydrogen) atoms. The molecule has 1 atom stereocenters. The van der Waals surface area contributed by atoms with Crippen molar-refractivity contribution in [3.63, 3.8) is 0 Å². The fourth-order valence-electron chi connectivity index (χ4n) is 4.44. The van der Waals surface area contributed by atoms with Crippen molar-refractivity contribution >= 4 is 17.8 Å². The van der Waals surface area contributed by atoms with Crippen molar-refractivity contribution in [3.05, 3.63) is 105 Å². The van der Waals surface area contributed by atoms with Crippen molar-refractivity contribution in [2.75, 3.05) is 31.2 Å². The van der Waals surface area contributed by atoms with E-state index in [1.165, 1.54) is 5.57 Å². The van der Waals surface area contributed by atoms with E-state index in [2.05, 4.69) is 57.6 Å². The van der Waals surface area contributed by atoms with Gasteiger partial charge >= 0.3 is 0 Å². The first kappa shape index (κ1) is 18.4. The first-order valence-corrected chi connectivity index (χ1v) is 9.99. The predicted molar refractivity (Wildman–Crippen MR) is 120 cm³/mol. The van der Waals surface area contributed by atoms with Gasteiger partial charge in [-0.2, -0.15) is 4.98 Å². The third-order valence-corrected chi connectivity index (χ3v) is 5.65. The van der Waals surface area contributed by atoms with Crippen LogP contribution in [-0.4, -0.2) is 35.0 Å². The molecular weight excluding hydrogens is 374 g/mol. The number of hydrogen-bond donors (Lipinski definition) is 3. The summed E-state index contributed by atoms with van der Waals surface area (Å²) in [6.45, 7) is 1.56. The molecule has 6 heteroatoms. The van der Waals surface area contributed by atoms with E-state index in [9.17, 15) is 4.79 Å². The van der Waals surface area contributed by atoms with Crippen molar-refractivity contribution in [1.82, 2.24) is 14.9 Å². The van der Waals surface area contributed by atoms with Gasteiger partial charge in [-0.3, -0.25) is 14.7 Å². The van der Waals surface area contributed by atoms with Crippen molar-refractivity contribution in [3.8, 4) is 0 Å². The molecule has 0 saturated heterocycles. The Kier molecular flexibility index (Phi) is 4.48. The number of likely N-dealkylation sites (N-methyl/N-ethyl adjacent to an activating group) is 1.